The number of hydrogen-bond acceptors (Lipinski definition) is 1. The first-order chi connectivity index (χ1) is 8.65. The monoisotopic (exact) mass is 239 g/mol. The van der Waals surface area contributed by atoms with E-state index >= 15 is 0 Å². The molecule has 0 heterocycles. The lowest BCUT2D eigenvalue weighted by Crippen LogP contribution is -2.22. The summed E-state index contributed by atoms with van der Waals surface area (Å²) >= 11 is 0. The molecule has 0 saturated heterocycles. The van der Waals surface area contributed by atoms with E-state index in [0.717, 1.165) is 11.1 Å². The molecular weight excluding hydrogens is 222 g/mol. The molecular formula is C16H17NO. The summed E-state index contributed by atoms with van der Waals surface area (Å²) in [5.74, 6) is -0.0276. The minimum Gasteiger partial charge on any atom is -0.348 e. The van der Waals surface area contributed by atoms with Gasteiger partial charge in [-0.25, -0.2) is 0 Å². The van der Waals surface area contributed by atoms with Gasteiger partial charge in [-0.15, -0.1) is 0 Å². The number of amides is 1. The zero-order chi connectivity index (χ0) is 13.0. The van der Waals surface area contributed by atoms with Crippen molar-refractivity contribution >= 4 is 5.91 Å². The largest absolute Gasteiger partial charge is 0.348 e. The molecule has 0 fully saturated rings. The van der Waals surface area contributed by atoms with E-state index in [1.54, 1.807) is 0 Å². The number of aryl methyl sites for hydroxylation is 2. The SMILES string of the molecule is Cc1cccc(CNC(=O)c2cccc(C)c2)c1. The Kier molecular flexibility index (Phi) is 3.78. The molecule has 0 aliphatic rings. The van der Waals surface area contributed by atoms with Crippen molar-refractivity contribution in [2.24, 2.45) is 0 Å². The van der Waals surface area contributed by atoms with E-state index in [1.165, 1.54) is 5.56 Å². The second-order valence-corrected chi connectivity index (χ2v) is 4.54. The fraction of sp³-hybridized carbons (Fsp3) is 0.188. The molecule has 0 aromatic heterocycles. The summed E-state index contributed by atoms with van der Waals surface area (Å²) in [5, 5.41) is 2.93. The Morgan fingerprint density at radius 2 is 1.67 bits per heavy atom. The molecule has 2 rings (SSSR count). The molecule has 2 aromatic rings. The quantitative estimate of drug-likeness (QED) is 0.875. The van der Waals surface area contributed by atoms with Gasteiger partial charge in [-0.05, 0) is 31.5 Å². The van der Waals surface area contributed by atoms with Gasteiger partial charge in [0.2, 0.25) is 0 Å². The Hall–Kier alpha value is -2.09. The first kappa shape index (κ1) is 12.4. The van der Waals surface area contributed by atoms with Crippen LogP contribution in [0.4, 0.5) is 0 Å². The van der Waals surface area contributed by atoms with Gasteiger partial charge in [-0.3, -0.25) is 4.79 Å². The van der Waals surface area contributed by atoms with E-state index < -0.39 is 0 Å². The van der Waals surface area contributed by atoms with Crippen LogP contribution in [0.25, 0.3) is 0 Å². The molecule has 2 nitrogen and oxygen atoms in total. The van der Waals surface area contributed by atoms with Gasteiger partial charge in [0.05, 0.1) is 0 Å². The zero-order valence-corrected chi connectivity index (χ0v) is 10.7. The van der Waals surface area contributed by atoms with Gasteiger partial charge in [0.25, 0.3) is 5.91 Å². The molecule has 2 aromatic carbocycles. The van der Waals surface area contributed by atoms with E-state index in [1.807, 2.05) is 56.3 Å². The van der Waals surface area contributed by atoms with Crippen LogP contribution in [0, 0.1) is 13.8 Å². The van der Waals surface area contributed by atoms with Gasteiger partial charge in [0.15, 0.2) is 0 Å². The molecule has 1 N–H and O–H groups in total. The highest BCUT2D eigenvalue weighted by atomic mass is 16.1. The van der Waals surface area contributed by atoms with Crippen molar-refractivity contribution in [2.45, 2.75) is 20.4 Å². The second kappa shape index (κ2) is 5.50. The average Bonchev–Trinajstić information content (AvgIpc) is 2.36. The molecule has 0 bridgehead atoms. The molecule has 0 radical (unpaired) electrons. The highest BCUT2D eigenvalue weighted by Gasteiger charge is 2.04. The summed E-state index contributed by atoms with van der Waals surface area (Å²) in [7, 11) is 0. The molecule has 1 amide bonds. The Morgan fingerprint density at radius 1 is 1.00 bits per heavy atom. The average molecular weight is 239 g/mol. The van der Waals surface area contributed by atoms with E-state index in [2.05, 4.69) is 11.4 Å². The van der Waals surface area contributed by atoms with Crippen LogP contribution in [-0.2, 0) is 6.54 Å². The molecule has 0 spiro atoms. The third-order valence-corrected chi connectivity index (χ3v) is 2.82. The van der Waals surface area contributed by atoms with Crippen LogP contribution in [0.1, 0.15) is 27.0 Å². The number of hydrogen-bond donors (Lipinski definition) is 1. The molecule has 0 unspecified atom stereocenters. The molecule has 0 aliphatic carbocycles. The van der Waals surface area contributed by atoms with Crippen molar-refractivity contribution in [3.05, 3.63) is 70.8 Å². The summed E-state index contributed by atoms with van der Waals surface area (Å²) < 4.78 is 0. The Balaban J connectivity index is 2.00. The van der Waals surface area contributed by atoms with Crippen LogP contribution >= 0.6 is 0 Å². The smallest absolute Gasteiger partial charge is 0.251 e. The lowest BCUT2D eigenvalue weighted by molar-refractivity contribution is 0.0951. The number of nitrogens with one attached hydrogen (secondary N) is 1. The second-order valence-electron chi connectivity index (χ2n) is 4.54. The normalized spacial score (nSPS) is 10.1. The van der Waals surface area contributed by atoms with Gasteiger partial charge in [0, 0.05) is 12.1 Å². The van der Waals surface area contributed by atoms with Crippen molar-refractivity contribution in [1.29, 1.82) is 0 Å². The zero-order valence-electron chi connectivity index (χ0n) is 10.7. The van der Waals surface area contributed by atoms with E-state index in [4.69, 9.17) is 0 Å². The third-order valence-electron chi connectivity index (χ3n) is 2.82. The maximum absolute atomic E-state index is 11.9. The third kappa shape index (κ3) is 3.20. The summed E-state index contributed by atoms with van der Waals surface area (Å²) in [6, 6.07) is 15.8. The lowest BCUT2D eigenvalue weighted by atomic mass is 10.1. The van der Waals surface area contributed by atoms with E-state index in [0.29, 0.717) is 12.1 Å². The predicted molar refractivity (Wildman–Crippen MR) is 73.5 cm³/mol. The van der Waals surface area contributed by atoms with Crippen LogP contribution in [0.2, 0.25) is 0 Å². The van der Waals surface area contributed by atoms with Crippen LogP contribution < -0.4 is 5.32 Å². The lowest BCUT2D eigenvalue weighted by Gasteiger charge is -2.06. The van der Waals surface area contributed by atoms with Gasteiger partial charge < -0.3 is 5.32 Å². The van der Waals surface area contributed by atoms with Crippen LogP contribution in [0.15, 0.2) is 48.5 Å². The van der Waals surface area contributed by atoms with Crippen molar-refractivity contribution in [2.75, 3.05) is 0 Å². The molecule has 2 heteroatoms. The van der Waals surface area contributed by atoms with Crippen LogP contribution in [0.3, 0.4) is 0 Å². The Morgan fingerprint density at radius 3 is 2.33 bits per heavy atom. The standard InChI is InChI=1S/C16H17NO/c1-12-5-3-7-14(9-12)11-17-16(18)15-8-4-6-13(2)10-15/h3-10H,11H2,1-2H3,(H,17,18). The highest BCUT2D eigenvalue weighted by molar-refractivity contribution is 5.94. The van der Waals surface area contributed by atoms with Crippen molar-refractivity contribution in [3.8, 4) is 0 Å². The summed E-state index contributed by atoms with van der Waals surface area (Å²) in [4.78, 5) is 11.9. The van der Waals surface area contributed by atoms with Gasteiger partial charge in [-0.2, -0.15) is 0 Å². The first-order valence-electron chi connectivity index (χ1n) is 6.05. The topological polar surface area (TPSA) is 29.1 Å². The molecule has 18 heavy (non-hydrogen) atoms. The highest BCUT2D eigenvalue weighted by Crippen LogP contribution is 2.06. The fourth-order valence-corrected chi connectivity index (χ4v) is 1.89. The van der Waals surface area contributed by atoms with E-state index in [-0.39, 0.29) is 5.91 Å². The molecule has 92 valence electrons. The summed E-state index contributed by atoms with van der Waals surface area (Å²) in [6.07, 6.45) is 0. The maximum atomic E-state index is 11.9. The minimum atomic E-state index is -0.0276. The first-order valence-corrected chi connectivity index (χ1v) is 6.05. The van der Waals surface area contributed by atoms with Crippen molar-refractivity contribution < 1.29 is 4.79 Å². The predicted octanol–water partition coefficient (Wildman–Crippen LogP) is 3.23. The summed E-state index contributed by atoms with van der Waals surface area (Å²) in [5.41, 5.74) is 4.13. The number of carbonyl (C=O) groups is 1. The van der Waals surface area contributed by atoms with Crippen LogP contribution in [0.5, 0.6) is 0 Å². The minimum absolute atomic E-state index is 0.0276. The van der Waals surface area contributed by atoms with Gasteiger partial charge in [-0.1, -0.05) is 47.5 Å². The fourth-order valence-electron chi connectivity index (χ4n) is 1.89. The van der Waals surface area contributed by atoms with Gasteiger partial charge in [0.1, 0.15) is 0 Å². The maximum Gasteiger partial charge on any atom is 0.251 e. The summed E-state index contributed by atoms with van der Waals surface area (Å²) in [6.45, 7) is 4.59. The van der Waals surface area contributed by atoms with Crippen molar-refractivity contribution in [3.63, 3.8) is 0 Å². The number of rotatable bonds is 3. The van der Waals surface area contributed by atoms with Gasteiger partial charge >= 0.3 is 0 Å². The molecule has 0 atom stereocenters. The van der Waals surface area contributed by atoms with E-state index in [9.17, 15) is 4.79 Å². The Bertz CT molecular complexity index is 561. The Labute approximate surface area is 108 Å². The van der Waals surface area contributed by atoms with Crippen LogP contribution in [-0.4, -0.2) is 5.91 Å². The molecule has 0 aliphatic heterocycles. The number of carbonyl (C=O) groups excluding carboxylic acids is 1. The molecule has 0 saturated carbocycles. The number of benzene rings is 2. The van der Waals surface area contributed by atoms with Crippen molar-refractivity contribution in [1.82, 2.24) is 5.32 Å².